The Bertz CT molecular complexity index is 619. The second kappa shape index (κ2) is 6.25. The van der Waals surface area contributed by atoms with Crippen LogP contribution in [0, 0.1) is 13.8 Å². The SMILES string of the molecule is Cc1sc2ncnc(NCCN3CCC(O)CC3)c2c1C. The Morgan fingerprint density at radius 3 is 2.86 bits per heavy atom. The van der Waals surface area contributed by atoms with Gasteiger partial charge in [-0.25, -0.2) is 9.97 Å². The number of aliphatic hydroxyl groups is 1. The van der Waals surface area contributed by atoms with Gasteiger partial charge in [0.25, 0.3) is 0 Å². The van der Waals surface area contributed by atoms with Gasteiger partial charge in [0.2, 0.25) is 0 Å². The van der Waals surface area contributed by atoms with Gasteiger partial charge in [-0.15, -0.1) is 11.3 Å². The molecule has 1 aliphatic heterocycles. The van der Waals surface area contributed by atoms with Gasteiger partial charge in [-0.2, -0.15) is 0 Å². The van der Waals surface area contributed by atoms with E-state index in [0.717, 1.165) is 55.1 Å². The molecule has 1 fully saturated rings. The Kier molecular flexibility index (Phi) is 4.37. The number of rotatable bonds is 4. The molecule has 0 aromatic carbocycles. The summed E-state index contributed by atoms with van der Waals surface area (Å²) in [7, 11) is 0. The van der Waals surface area contributed by atoms with Crippen molar-refractivity contribution in [2.24, 2.45) is 0 Å². The van der Waals surface area contributed by atoms with E-state index in [1.54, 1.807) is 17.7 Å². The van der Waals surface area contributed by atoms with Crippen molar-refractivity contribution in [3.63, 3.8) is 0 Å². The second-order valence-electron chi connectivity index (χ2n) is 5.69. The lowest BCUT2D eigenvalue weighted by molar-refractivity contribution is 0.0845. The molecule has 3 heterocycles. The van der Waals surface area contributed by atoms with Crippen LogP contribution in [0.4, 0.5) is 5.82 Å². The maximum absolute atomic E-state index is 9.52. The molecule has 0 radical (unpaired) electrons. The van der Waals surface area contributed by atoms with Crippen LogP contribution in [0.1, 0.15) is 23.3 Å². The topological polar surface area (TPSA) is 61.3 Å². The zero-order chi connectivity index (χ0) is 14.8. The van der Waals surface area contributed by atoms with Crippen molar-refractivity contribution in [2.45, 2.75) is 32.8 Å². The van der Waals surface area contributed by atoms with Crippen LogP contribution >= 0.6 is 11.3 Å². The molecule has 0 unspecified atom stereocenters. The molecule has 0 amide bonds. The van der Waals surface area contributed by atoms with Gasteiger partial charge in [0.05, 0.1) is 11.5 Å². The fourth-order valence-corrected chi connectivity index (χ4v) is 3.79. The number of nitrogens with zero attached hydrogens (tertiary/aromatic N) is 3. The lowest BCUT2D eigenvalue weighted by atomic mass is 10.1. The molecule has 0 atom stereocenters. The van der Waals surface area contributed by atoms with Gasteiger partial charge < -0.3 is 15.3 Å². The Morgan fingerprint density at radius 2 is 2.10 bits per heavy atom. The number of fused-ring (bicyclic) bond motifs is 1. The first kappa shape index (κ1) is 14.7. The van der Waals surface area contributed by atoms with E-state index in [1.165, 1.54) is 10.4 Å². The number of aryl methyl sites for hydroxylation is 2. The third kappa shape index (κ3) is 3.17. The summed E-state index contributed by atoms with van der Waals surface area (Å²) in [5, 5.41) is 14.1. The molecule has 2 aromatic heterocycles. The second-order valence-corrected chi connectivity index (χ2v) is 6.89. The molecule has 5 nitrogen and oxygen atoms in total. The van der Waals surface area contributed by atoms with E-state index in [0.29, 0.717) is 0 Å². The first-order valence-corrected chi connectivity index (χ1v) is 8.32. The van der Waals surface area contributed by atoms with E-state index in [2.05, 4.69) is 34.0 Å². The van der Waals surface area contributed by atoms with Crippen LogP contribution in [0.25, 0.3) is 10.2 Å². The predicted octanol–water partition coefficient (Wildman–Crippen LogP) is 2.18. The van der Waals surface area contributed by atoms with E-state index in [4.69, 9.17) is 0 Å². The molecule has 1 saturated heterocycles. The van der Waals surface area contributed by atoms with Crippen molar-refractivity contribution in [1.29, 1.82) is 0 Å². The predicted molar refractivity (Wildman–Crippen MR) is 87.1 cm³/mol. The molecule has 6 heteroatoms. The number of hydrogen-bond donors (Lipinski definition) is 2. The fraction of sp³-hybridized carbons (Fsp3) is 0.600. The number of thiophene rings is 1. The van der Waals surface area contributed by atoms with Crippen LogP contribution < -0.4 is 5.32 Å². The fourth-order valence-electron chi connectivity index (χ4n) is 2.79. The first-order chi connectivity index (χ1) is 10.1. The van der Waals surface area contributed by atoms with Crippen molar-refractivity contribution < 1.29 is 5.11 Å². The Balaban J connectivity index is 1.63. The molecule has 114 valence electrons. The summed E-state index contributed by atoms with van der Waals surface area (Å²) in [6.07, 6.45) is 3.31. The normalized spacial score (nSPS) is 17.5. The number of anilines is 1. The first-order valence-electron chi connectivity index (χ1n) is 7.50. The van der Waals surface area contributed by atoms with Gasteiger partial charge in [-0.1, -0.05) is 0 Å². The standard InChI is InChI=1S/C15H22N4OS/c1-10-11(2)21-15-13(10)14(17-9-18-15)16-5-8-19-6-3-12(20)4-7-19/h9,12,20H,3-8H2,1-2H3,(H,16,17,18). The average molecular weight is 306 g/mol. The van der Waals surface area contributed by atoms with E-state index < -0.39 is 0 Å². The average Bonchev–Trinajstić information content (AvgIpc) is 2.77. The molecule has 0 saturated carbocycles. The largest absolute Gasteiger partial charge is 0.393 e. The molecule has 0 aliphatic carbocycles. The molecular weight excluding hydrogens is 284 g/mol. The summed E-state index contributed by atoms with van der Waals surface area (Å²) < 4.78 is 0. The Labute approximate surface area is 129 Å². The number of piperidine rings is 1. The summed E-state index contributed by atoms with van der Waals surface area (Å²) in [6, 6.07) is 0. The Morgan fingerprint density at radius 1 is 1.33 bits per heavy atom. The molecule has 2 aromatic rings. The molecule has 1 aliphatic rings. The highest BCUT2D eigenvalue weighted by atomic mass is 32.1. The zero-order valence-corrected chi connectivity index (χ0v) is 13.4. The zero-order valence-electron chi connectivity index (χ0n) is 12.6. The highest BCUT2D eigenvalue weighted by molar-refractivity contribution is 7.18. The number of hydrogen-bond acceptors (Lipinski definition) is 6. The van der Waals surface area contributed by atoms with Crippen molar-refractivity contribution >= 4 is 27.4 Å². The summed E-state index contributed by atoms with van der Waals surface area (Å²) in [5.41, 5.74) is 1.28. The van der Waals surface area contributed by atoms with Crippen molar-refractivity contribution in [3.05, 3.63) is 16.8 Å². The van der Waals surface area contributed by atoms with E-state index in [1.807, 2.05) is 0 Å². The number of aliphatic hydroxyl groups excluding tert-OH is 1. The van der Waals surface area contributed by atoms with Gasteiger partial charge >= 0.3 is 0 Å². The van der Waals surface area contributed by atoms with Crippen LogP contribution in [0.2, 0.25) is 0 Å². The van der Waals surface area contributed by atoms with Crippen LogP contribution in [-0.4, -0.2) is 52.3 Å². The third-order valence-corrected chi connectivity index (χ3v) is 5.36. The maximum atomic E-state index is 9.52. The lowest BCUT2D eigenvalue weighted by Gasteiger charge is -2.29. The van der Waals surface area contributed by atoms with Crippen molar-refractivity contribution in [1.82, 2.24) is 14.9 Å². The highest BCUT2D eigenvalue weighted by Crippen LogP contribution is 2.32. The van der Waals surface area contributed by atoms with Crippen LogP contribution in [0.15, 0.2) is 6.33 Å². The summed E-state index contributed by atoms with van der Waals surface area (Å²) in [5.74, 6) is 0.943. The van der Waals surface area contributed by atoms with Gasteiger partial charge in [0.1, 0.15) is 17.0 Å². The van der Waals surface area contributed by atoms with Gasteiger partial charge in [0, 0.05) is 31.1 Å². The molecular formula is C15H22N4OS. The summed E-state index contributed by atoms with van der Waals surface area (Å²) >= 11 is 1.73. The van der Waals surface area contributed by atoms with E-state index in [-0.39, 0.29) is 6.10 Å². The van der Waals surface area contributed by atoms with E-state index >= 15 is 0 Å². The monoisotopic (exact) mass is 306 g/mol. The van der Waals surface area contributed by atoms with Gasteiger partial charge in [-0.05, 0) is 32.3 Å². The quantitative estimate of drug-likeness (QED) is 0.906. The van der Waals surface area contributed by atoms with Crippen LogP contribution in [-0.2, 0) is 0 Å². The maximum Gasteiger partial charge on any atom is 0.138 e. The summed E-state index contributed by atoms with van der Waals surface area (Å²) in [6.45, 7) is 8.09. The number of aromatic nitrogens is 2. The molecule has 0 bridgehead atoms. The van der Waals surface area contributed by atoms with Gasteiger partial charge in [0.15, 0.2) is 0 Å². The highest BCUT2D eigenvalue weighted by Gasteiger charge is 2.16. The Hall–Kier alpha value is -1.24. The minimum atomic E-state index is -0.105. The number of likely N-dealkylation sites (tertiary alicyclic amines) is 1. The molecule has 2 N–H and O–H groups in total. The van der Waals surface area contributed by atoms with Gasteiger partial charge in [-0.3, -0.25) is 0 Å². The third-order valence-electron chi connectivity index (χ3n) is 4.24. The summed E-state index contributed by atoms with van der Waals surface area (Å²) in [4.78, 5) is 13.5. The number of nitrogens with one attached hydrogen (secondary N) is 1. The minimum absolute atomic E-state index is 0.105. The molecule has 21 heavy (non-hydrogen) atoms. The van der Waals surface area contributed by atoms with Crippen LogP contribution in [0.5, 0.6) is 0 Å². The molecule has 0 spiro atoms. The smallest absolute Gasteiger partial charge is 0.138 e. The van der Waals surface area contributed by atoms with Crippen LogP contribution in [0.3, 0.4) is 0 Å². The van der Waals surface area contributed by atoms with Crippen molar-refractivity contribution in [2.75, 3.05) is 31.5 Å². The van der Waals surface area contributed by atoms with E-state index in [9.17, 15) is 5.11 Å². The molecule has 3 rings (SSSR count). The lowest BCUT2D eigenvalue weighted by Crippen LogP contribution is -2.38. The minimum Gasteiger partial charge on any atom is -0.393 e. The van der Waals surface area contributed by atoms with Crippen molar-refractivity contribution in [3.8, 4) is 0 Å².